The van der Waals surface area contributed by atoms with Gasteiger partial charge in [-0.15, -0.1) is 11.3 Å². The van der Waals surface area contributed by atoms with Gasteiger partial charge in [-0.05, 0) is 30.7 Å². The van der Waals surface area contributed by atoms with Gasteiger partial charge in [-0.2, -0.15) is 0 Å². The fourth-order valence-corrected chi connectivity index (χ4v) is 3.13. The number of ether oxygens (including phenoxy) is 1. The zero-order valence-electron chi connectivity index (χ0n) is 12.3. The number of carbonyl (C=O) groups excluding carboxylic acids is 1. The molecule has 3 rings (SSSR count). The normalized spacial score (nSPS) is 10.7. The molecule has 2 heterocycles. The Balaban J connectivity index is 1.47. The molecule has 0 radical (unpaired) electrons. The molecule has 0 spiro atoms. The summed E-state index contributed by atoms with van der Waals surface area (Å²) in [6, 6.07) is 13.2. The molecule has 0 saturated carbocycles. The summed E-state index contributed by atoms with van der Waals surface area (Å²) < 4.78 is 6.39. The summed E-state index contributed by atoms with van der Waals surface area (Å²) in [5.74, 6) is 0.660. The minimum atomic E-state index is -0.103. The zero-order chi connectivity index (χ0) is 16.1. The lowest BCUT2D eigenvalue weighted by molar-refractivity contribution is 0.0955. The maximum Gasteiger partial charge on any atom is 0.261 e. The number of hydrogen-bond donors (Lipinski definition) is 1. The van der Waals surface area contributed by atoms with Gasteiger partial charge in [-0.3, -0.25) is 9.78 Å². The number of carbonyl (C=O) groups is 1. The van der Waals surface area contributed by atoms with E-state index in [9.17, 15) is 4.79 Å². The van der Waals surface area contributed by atoms with Gasteiger partial charge in [0.05, 0.1) is 15.8 Å². The van der Waals surface area contributed by atoms with Gasteiger partial charge in [-0.1, -0.05) is 29.8 Å². The molecular formula is C17H15ClN2O2S. The third-order valence-electron chi connectivity index (χ3n) is 3.26. The van der Waals surface area contributed by atoms with Crippen LogP contribution < -0.4 is 10.1 Å². The van der Waals surface area contributed by atoms with Crippen molar-refractivity contribution < 1.29 is 9.53 Å². The molecule has 23 heavy (non-hydrogen) atoms. The Hall–Kier alpha value is -2.11. The zero-order valence-corrected chi connectivity index (χ0v) is 13.9. The Morgan fingerprint density at radius 3 is 2.91 bits per heavy atom. The smallest absolute Gasteiger partial charge is 0.261 e. The Labute approximate surface area is 143 Å². The van der Waals surface area contributed by atoms with E-state index in [4.69, 9.17) is 16.3 Å². The predicted molar refractivity (Wildman–Crippen MR) is 93.5 cm³/mol. The van der Waals surface area contributed by atoms with Gasteiger partial charge < -0.3 is 10.1 Å². The van der Waals surface area contributed by atoms with E-state index in [-0.39, 0.29) is 5.91 Å². The number of pyridine rings is 1. The highest BCUT2D eigenvalue weighted by Crippen LogP contribution is 2.23. The molecule has 1 aromatic carbocycles. The van der Waals surface area contributed by atoms with E-state index in [1.54, 1.807) is 18.3 Å². The third kappa shape index (κ3) is 4.00. The van der Waals surface area contributed by atoms with Crippen LogP contribution in [0.3, 0.4) is 0 Å². The Kier molecular flexibility index (Phi) is 5.10. The van der Waals surface area contributed by atoms with Crippen molar-refractivity contribution in [3.05, 3.63) is 57.9 Å². The monoisotopic (exact) mass is 346 g/mol. The number of para-hydroxylation sites is 1. The summed E-state index contributed by atoms with van der Waals surface area (Å²) in [4.78, 5) is 16.8. The maximum absolute atomic E-state index is 11.9. The number of nitrogens with zero attached hydrogens (tertiary/aromatic N) is 1. The van der Waals surface area contributed by atoms with Crippen LogP contribution in [0.25, 0.3) is 10.9 Å². The van der Waals surface area contributed by atoms with Crippen LogP contribution in [-0.2, 0) is 0 Å². The average molecular weight is 347 g/mol. The van der Waals surface area contributed by atoms with Gasteiger partial charge in [0.15, 0.2) is 0 Å². The molecule has 0 aliphatic carbocycles. The van der Waals surface area contributed by atoms with E-state index in [2.05, 4.69) is 10.3 Å². The van der Waals surface area contributed by atoms with Crippen LogP contribution in [-0.4, -0.2) is 24.0 Å². The quantitative estimate of drug-likeness (QED) is 0.682. The Bertz CT molecular complexity index is 814. The summed E-state index contributed by atoms with van der Waals surface area (Å²) in [6.07, 6.45) is 2.47. The number of rotatable bonds is 6. The van der Waals surface area contributed by atoms with Crippen molar-refractivity contribution in [1.82, 2.24) is 10.3 Å². The van der Waals surface area contributed by atoms with E-state index in [0.717, 1.165) is 16.7 Å². The highest BCUT2D eigenvalue weighted by Gasteiger charge is 2.07. The van der Waals surface area contributed by atoms with Gasteiger partial charge >= 0.3 is 0 Å². The third-order valence-corrected chi connectivity index (χ3v) is 4.49. The molecule has 2 aromatic heterocycles. The van der Waals surface area contributed by atoms with Crippen LogP contribution in [0.2, 0.25) is 4.34 Å². The first kappa shape index (κ1) is 15.8. The molecule has 0 bridgehead atoms. The SMILES string of the molecule is O=C(NCCCOc1cccc2cccnc12)c1ccc(Cl)s1. The molecule has 0 atom stereocenters. The van der Waals surface area contributed by atoms with Gasteiger partial charge in [0, 0.05) is 18.1 Å². The van der Waals surface area contributed by atoms with Gasteiger partial charge in [0.2, 0.25) is 0 Å². The second kappa shape index (κ2) is 7.44. The molecular weight excluding hydrogens is 332 g/mol. The molecule has 1 amide bonds. The van der Waals surface area contributed by atoms with Crippen molar-refractivity contribution in [1.29, 1.82) is 0 Å². The van der Waals surface area contributed by atoms with Gasteiger partial charge in [0.25, 0.3) is 5.91 Å². The summed E-state index contributed by atoms with van der Waals surface area (Å²) in [5.41, 5.74) is 0.854. The standard InChI is InChI=1S/C17H15ClN2O2S/c18-15-8-7-14(23-15)17(21)20-10-3-11-22-13-6-1-4-12-5-2-9-19-16(12)13/h1-2,4-9H,3,10-11H2,(H,20,21). The minimum Gasteiger partial charge on any atom is -0.491 e. The molecule has 1 N–H and O–H groups in total. The largest absolute Gasteiger partial charge is 0.491 e. The van der Waals surface area contributed by atoms with E-state index >= 15 is 0 Å². The lowest BCUT2D eigenvalue weighted by Gasteiger charge is -2.09. The Morgan fingerprint density at radius 2 is 2.09 bits per heavy atom. The van der Waals surface area contributed by atoms with E-state index < -0.39 is 0 Å². The number of nitrogens with one attached hydrogen (secondary N) is 1. The van der Waals surface area contributed by atoms with Crippen LogP contribution in [0.5, 0.6) is 5.75 Å². The first-order chi connectivity index (χ1) is 11.2. The number of hydrogen-bond acceptors (Lipinski definition) is 4. The molecule has 0 fully saturated rings. The van der Waals surface area contributed by atoms with Crippen molar-refractivity contribution in [3.8, 4) is 5.75 Å². The highest BCUT2D eigenvalue weighted by atomic mass is 35.5. The van der Waals surface area contributed by atoms with Crippen molar-refractivity contribution in [3.63, 3.8) is 0 Å². The summed E-state index contributed by atoms with van der Waals surface area (Å²) in [5, 5.41) is 3.90. The summed E-state index contributed by atoms with van der Waals surface area (Å²) >= 11 is 7.09. The molecule has 0 aliphatic heterocycles. The molecule has 0 unspecified atom stereocenters. The average Bonchev–Trinajstić information content (AvgIpc) is 3.01. The first-order valence-electron chi connectivity index (χ1n) is 7.24. The lowest BCUT2D eigenvalue weighted by atomic mass is 10.2. The predicted octanol–water partition coefficient (Wildman–Crippen LogP) is 4.15. The molecule has 0 saturated heterocycles. The minimum absolute atomic E-state index is 0.103. The molecule has 0 aliphatic rings. The number of benzene rings is 1. The van der Waals surface area contributed by atoms with Crippen LogP contribution >= 0.6 is 22.9 Å². The lowest BCUT2D eigenvalue weighted by Crippen LogP contribution is -2.24. The number of amides is 1. The molecule has 4 nitrogen and oxygen atoms in total. The van der Waals surface area contributed by atoms with Crippen molar-refractivity contribution in [2.24, 2.45) is 0 Å². The van der Waals surface area contributed by atoms with Gasteiger partial charge in [0.1, 0.15) is 11.3 Å². The topological polar surface area (TPSA) is 51.2 Å². The van der Waals surface area contributed by atoms with E-state index in [1.807, 2.05) is 30.3 Å². The molecule has 118 valence electrons. The van der Waals surface area contributed by atoms with Crippen molar-refractivity contribution in [2.75, 3.05) is 13.2 Å². The van der Waals surface area contributed by atoms with Gasteiger partial charge in [-0.25, -0.2) is 0 Å². The number of aromatic nitrogens is 1. The second-order valence-corrected chi connectivity index (χ2v) is 6.61. The van der Waals surface area contributed by atoms with Crippen molar-refractivity contribution >= 4 is 39.7 Å². The molecule has 6 heteroatoms. The number of thiophene rings is 1. The fourth-order valence-electron chi connectivity index (χ4n) is 2.17. The maximum atomic E-state index is 11.9. The van der Waals surface area contributed by atoms with Crippen molar-refractivity contribution in [2.45, 2.75) is 6.42 Å². The second-order valence-electron chi connectivity index (χ2n) is 4.89. The van der Waals surface area contributed by atoms with Crippen LogP contribution in [0, 0.1) is 0 Å². The van der Waals surface area contributed by atoms with E-state index in [0.29, 0.717) is 28.8 Å². The number of fused-ring (bicyclic) bond motifs is 1. The van der Waals surface area contributed by atoms with E-state index in [1.165, 1.54) is 11.3 Å². The number of halogens is 1. The highest BCUT2D eigenvalue weighted by molar-refractivity contribution is 7.17. The Morgan fingerprint density at radius 1 is 1.22 bits per heavy atom. The molecule has 3 aromatic rings. The summed E-state index contributed by atoms with van der Waals surface area (Å²) in [7, 11) is 0. The van der Waals surface area contributed by atoms with Crippen LogP contribution in [0.1, 0.15) is 16.1 Å². The fraction of sp³-hybridized carbons (Fsp3) is 0.176. The van der Waals surface area contributed by atoms with Crippen LogP contribution in [0.4, 0.5) is 0 Å². The summed E-state index contributed by atoms with van der Waals surface area (Å²) in [6.45, 7) is 1.06. The van der Waals surface area contributed by atoms with Crippen LogP contribution in [0.15, 0.2) is 48.7 Å². The first-order valence-corrected chi connectivity index (χ1v) is 8.43.